The van der Waals surface area contributed by atoms with Crippen LogP contribution in [0, 0.1) is 0 Å². The minimum absolute atomic E-state index is 0. The van der Waals surface area contributed by atoms with Crippen molar-refractivity contribution in [1.82, 2.24) is 25.1 Å². The molecular formula is C24H29Cl2N5. The van der Waals surface area contributed by atoms with E-state index in [-0.39, 0.29) is 12.4 Å². The van der Waals surface area contributed by atoms with Gasteiger partial charge in [-0.2, -0.15) is 0 Å². The lowest BCUT2D eigenvalue weighted by Gasteiger charge is -2.28. The Morgan fingerprint density at radius 3 is 2.55 bits per heavy atom. The van der Waals surface area contributed by atoms with Gasteiger partial charge in [-0.05, 0) is 67.5 Å². The molecular weight excluding hydrogens is 429 g/mol. The summed E-state index contributed by atoms with van der Waals surface area (Å²) in [5, 5.41) is 13.4. The summed E-state index contributed by atoms with van der Waals surface area (Å²) >= 11 is 6.25. The molecule has 0 amide bonds. The zero-order chi connectivity index (χ0) is 20.7. The van der Waals surface area contributed by atoms with Crippen LogP contribution in [0.15, 0.2) is 36.4 Å². The second-order valence-corrected chi connectivity index (χ2v) is 9.31. The Morgan fingerprint density at radius 1 is 1.00 bits per heavy atom. The Morgan fingerprint density at radius 2 is 1.77 bits per heavy atom. The summed E-state index contributed by atoms with van der Waals surface area (Å²) in [6, 6.07) is 12.6. The fraction of sp³-hybridized carbons (Fsp3) is 0.458. The third-order valence-electron chi connectivity index (χ3n) is 6.53. The summed E-state index contributed by atoms with van der Waals surface area (Å²) in [5.74, 6) is 3.52. The molecule has 164 valence electrons. The molecule has 0 radical (unpaired) electrons. The molecule has 0 bridgehead atoms. The largest absolute Gasteiger partial charge is 0.306 e. The summed E-state index contributed by atoms with van der Waals surface area (Å²) in [5.41, 5.74) is 4.81. The summed E-state index contributed by atoms with van der Waals surface area (Å²) < 4.78 is 2.27. The SMILES string of the molecule is CC(C)c1cccc(C2CCC(c3nnc4n3-c3ccc(Cl)cc3CNC4)CC2)n1.Cl. The molecule has 5 nitrogen and oxygen atoms in total. The van der Waals surface area contributed by atoms with E-state index in [2.05, 4.69) is 58.2 Å². The first-order valence-corrected chi connectivity index (χ1v) is 11.4. The Labute approximate surface area is 195 Å². The standard InChI is InChI=1S/C24H28ClN5.ClH/c1-15(2)20-4-3-5-21(27-20)16-6-8-17(9-7-16)24-29-28-23-14-26-13-18-12-19(25)10-11-22(18)30(23)24;/h3-5,10-12,15-17,26H,6-9,13-14H2,1-2H3;1H. The monoisotopic (exact) mass is 457 g/mol. The van der Waals surface area contributed by atoms with Crippen molar-refractivity contribution >= 4 is 24.0 Å². The summed E-state index contributed by atoms with van der Waals surface area (Å²) in [6.07, 6.45) is 4.53. The van der Waals surface area contributed by atoms with Crippen LogP contribution in [0.5, 0.6) is 0 Å². The van der Waals surface area contributed by atoms with Crippen LogP contribution >= 0.6 is 24.0 Å². The van der Waals surface area contributed by atoms with Gasteiger partial charge in [0.05, 0.1) is 12.2 Å². The minimum atomic E-state index is 0. The number of fused-ring (bicyclic) bond motifs is 3. The fourth-order valence-corrected chi connectivity index (χ4v) is 5.05. The van der Waals surface area contributed by atoms with Crippen LogP contribution in [0.3, 0.4) is 0 Å². The molecule has 31 heavy (non-hydrogen) atoms. The van der Waals surface area contributed by atoms with Gasteiger partial charge < -0.3 is 5.32 Å². The smallest absolute Gasteiger partial charge is 0.151 e. The number of aromatic nitrogens is 4. The maximum absolute atomic E-state index is 6.25. The average molecular weight is 458 g/mol. The zero-order valence-electron chi connectivity index (χ0n) is 18.0. The average Bonchev–Trinajstić information content (AvgIpc) is 3.09. The third kappa shape index (κ3) is 4.36. The van der Waals surface area contributed by atoms with Gasteiger partial charge in [0.1, 0.15) is 5.82 Å². The van der Waals surface area contributed by atoms with Crippen LogP contribution in [0.1, 0.15) is 85.9 Å². The van der Waals surface area contributed by atoms with Gasteiger partial charge in [-0.3, -0.25) is 9.55 Å². The van der Waals surface area contributed by atoms with E-state index in [0.717, 1.165) is 61.1 Å². The fourth-order valence-electron chi connectivity index (χ4n) is 4.86. The molecule has 1 fully saturated rings. The van der Waals surface area contributed by atoms with Gasteiger partial charge in [0, 0.05) is 34.8 Å². The lowest BCUT2D eigenvalue weighted by Crippen LogP contribution is -2.17. The van der Waals surface area contributed by atoms with E-state index in [1.54, 1.807) is 0 Å². The lowest BCUT2D eigenvalue weighted by molar-refractivity contribution is 0.377. The molecule has 1 saturated carbocycles. The van der Waals surface area contributed by atoms with E-state index >= 15 is 0 Å². The van der Waals surface area contributed by atoms with Crippen molar-refractivity contribution in [2.75, 3.05) is 0 Å². The maximum atomic E-state index is 6.25. The van der Waals surface area contributed by atoms with Gasteiger partial charge in [-0.1, -0.05) is 31.5 Å². The highest BCUT2D eigenvalue weighted by atomic mass is 35.5. The Kier molecular flexibility index (Phi) is 6.65. The van der Waals surface area contributed by atoms with Gasteiger partial charge in [0.2, 0.25) is 0 Å². The zero-order valence-corrected chi connectivity index (χ0v) is 19.6. The second kappa shape index (κ2) is 9.27. The van der Waals surface area contributed by atoms with E-state index in [4.69, 9.17) is 16.6 Å². The highest BCUT2D eigenvalue weighted by Crippen LogP contribution is 2.41. The second-order valence-electron chi connectivity index (χ2n) is 8.88. The predicted molar refractivity (Wildman–Crippen MR) is 126 cm³/mol. The van der Waals surface area contributed by atoms with E-state index in [1.807, 2.05) is 12.1 Å². The number of hydrogen-bond acceptors (Lipinski definition) is 4. The normalized spacial score (nSPS) is 20.5. The molecule has 5 rings (SSSR count). The first kappa shape index (κ1) is 22.3. The van der Waals surface area contributed by atoms with Crippen LogP contribution < -0.4 is 5.32 Å². The van der Waals surface area contributed by atoms with Crippen LogP contribution in [-0.4, -0.2) is 19.7 Å². The van der Waals surface area contributed by atoms with Gasteiger partial charge in [-0.25, -0.2) is 0 Å². The molecule has 0 atom stereocenters. The molecule has 0 saturated heterocycles. The van der Waals surface area contributed by atoms with Crippen molar-refractivity contribution in [3.8, 4) is 5.69 Å². The molecule has 0 unspecified atom stereocenters. The van der Waals surface area contributed by atoms with Gasteiger partial charge in [-0.15, -0.1) is 22.6 Å². The highest BCUT2D eigenvalue weighted by molar-refractivity contribution is 6.30. The molecule has 2 aliphatic rings. The molecule has 1 aliphatic heterocycles. The molecule has 3 heterocycles. The Hall–Kier alpha value is -1.95. The number of nitrogens with one attached hydrogen (secondary N) is 1. The van der Waals surface area contributed by atoms with E-state index < -0.39 is 0 Å². The van der Waals surface area contributed by atoms with Crippen LogP contribution in [0.2, 0.25) is 5.02 Å². The summed E-state index contributed by atoms with van der Waals surface area (Å²) in [7, 11) is 0. The van der Waals surface area contributed by atoms with Crippen LogP contribution in [0.4, 0.5) is 0 Å². The molecule has 1 N–H and O–H groups in total. The Balaban J connectivity index is 0.00000231. The van der Waals surface area contributed by atoms with Crippen molar-refractivity contribution in [1.29, 1.82) is 0 Å². The third-order valence-corrected chi connectivity index (χ3v) is 6.77. The molecule has 3 aromatic rings. The number of benzene rings is 1. The van der Waals surface area contributed by atoms with Crippen LogP contribution in [-0.2, 0) is 13.1 Å². The Bertz CT molecular complexity index is 1050. The number of rotatable bonds is 3. The number of halogens is 2. The molecule has 2 aromatic heterocycles. The van der Waals surface area contributed by atoms with E-state index in [0.29, 0.717) is 17.8 Å². The van der Waals surface area contributed by atoms with E-state index in [9.17, 15) is 0 Å². The first-order valence-electron chi connectivity index (χ1n) is 11.0. The maximum Gasteiger partial charge on any atom is 0.151 e. The van der Waals surface area contributed by atoms with Gasteiger partial charge in [0.15, 0.2) is 5.82 Å². The number of pyridine rings is 1. The summed E-state index contributed by atoms with van der Waals surface area (Å²) in [6.45, 7) is 5.93. The molecule has 1 aromatic carbocycles. The first-order chi connectivity index (χ1) is 14.6. The predicted octanol–water partition coefficient (Wildman–Crippen LogP) is 5.91. The van der Waals surface area contributed by atoms with Crippen molar-refractivity contribution in [2.45, 2.75) is 70.4 Å². The lowest BCUT2D eigenvalue weighted by atomic mass is 9.79. The molecule has 1 aliphatic carbocycles. The van der Waals surface area contributed by atoms with Crippen molar-refractivity contribution in [3.63, 3.8) is 0 Å². The van der Waals surface area contributed by atoms with Crippen molar-refractivity contribution in [2.24, 2.45) is 0 Å². The topological polar surface area (TPSA) is 55.6 Å². The highest BCUT2D eigenvalue weighted by Gasteiger charge is 2.30. The minimum Gasteiger partial charge on any atom is -0.306 e. The van der Waals surface area contributed by atoms with Gasteiger partial charge in [0.25, 0.3) is 0 Å². The van der Waals surface area contributed by atoms with Gasteiger partial charge >= 0.3 is 0 Å². The van der Waals surface area contributed by atoms with Crippen LogP contribution in [0.25, 0.3) is 5.69 Å². The molecule has 0 spiro atoms. The van der Waals surface area contributed by atoms with E-state index in [1.165, 1.54) is 17.0 Å². The number of hydrogen-bond donors (Lipinski definition) is 1. The molecule has 7 heteroatoms. The quantitative estimate of drug-likeness (QED) is 0.531. The number of nitrogens with zero attached hydrogens (tertiary/aromatic N) is 4. The summed E-state index contributed by atoms with van der Waals surface area (Å²) in [4.78, 5) is 4.95. The van der Waals surface area contributed by atoms with Crippen molar-refractivity contribution in [3.05, 3.63) is 70.0 Å². The van der Waals surface area contributed by atoms with Crippen molar-refractivity contribution < 1.29 is 0 Å².